The van der Waals surface area contributed by atoms with Crippen LogP contribution in [0.25, 0.3) is 42.4 Å². The Labute approximate surface area is 205 Å². The Kier molecular flexibility index (Phi) is 4.96. The van der Waals surface area contributed by atoms with Crippen LogP contribution in [-0.4, -0.2) is 18.3 Å². The van der Waals surface area contributed by atoms with Gasteiger partial charge >= 0.3 is 7.12 Å². The molecule has 2 nitrogen and oxygen atoms in total. The van der Waals surface area contributed by atoms with E-state index in [4.69, 9.17) is 9.31 Å². The molecule has 0 radical (unpaired) electrons. The van der Waals surface area contributed by atoms with Crippen molar-refractivity contribution in [2.75, 3.05) is 0 Å². The van der Waals surface area contributed by atoms with E-state index in [1.165, 1.54) is 31.3 Å². The van der Waals surface area contributed by atoms with Crippen LogP contribution in [0.1, 0.15) is 27.7 Å². The molecule has 0 N–H and O–H groups in total. The minimum absolute atomic E-state index is 0.364. The molecule has 4 aromatic carbocycles. The molecule has 0 bridgehead atoms. The van der Waals surface area contributed by atoms with Crippen molar-refractivity contribution in [1.29, 1.82) is 0 Å². The molecule has 0 spiro atoms. The largest absolute Gasteiger partial charge is 0.495 e. The average Bonchev–Trinajstić information content (AvgIpc) is 3.32. The smallest absolute Gasteiger partial charge is 0.399 e. The minimum atomic E-state index is -0.381. The van der Waals surface area contributed by atoms with Crippen LogP contribution in [0.5, 0.6) is 0 Å². The van der Waals surface area contributed by atoms with Crippen LogP contribution in [0.2, 0.25) is 0 Å². The molecule has 0 atom stereocenters. The first-order valence-corrected chi connectivity index (χ1v) is 12.6. The molecule has 0 unspecified atom stereocenters. The third kappa shape index (κ3) is 3.40. The Hall–Kier alpha value is -2.92. The summed E-state index contributed by atoms with van der Waals surface area (Å²) in [4.78, 5) is 0. The fourth-order valence-corrected chi connectivity index (χ4v) is 5.98. The van der Waals surface area contributed by atoms with Crippen molar-refractivity contribution >= 4 is 44.1 Å². The first-order chi connectivity index (χ1) is 16.3. The molecule has 34 heavy (non-hydrogen) atoms. The van der Waals surface area contributed by atoms with Gasteiger partial charge in [-0.2, -0.15) is 0 Å². The summed E-state index contributed by atoms with van der Waals surface area (Å²) in [7, 11) is -0.381. The van der Waals surface area contributed by atoms with Crippen molar-refractivity contribution in [3.8, 4) is 22.3 Å². The van der Waals surface area contributed by atoms with Crippen molar-refractivity contribution in [1.82, 2.24) is 0 Å². The molecule has 0 amide bonds. The van der Waals surface area contributed by atoms with Gasteiger partial charge in [-0.15, -0.1) is 11.3 Å². The summed E-state index contributed by atoms with van der Waals surface area (Å²) in [6.45, 7) is 8.38. The van der Waals surface area contributed by atoms with Crippen molar-refractivity contribution < 1.29 is 9.31 Å². The maximum absolute atomic E-state index is 6.36. The summed E-state index contributed by atoms with van der Waals surface area (Å²) in [5.74, 6) is 0. The van der Waals surface area contributed by atoms with Gasteiger partial charge in [-0.05, 0) is 61.5 Å². The van der Waals surface area contributed by atoms with Crippen LogP contribution >= 0.6 is 11.3 Å². The van der Waals surface area contributed by atoms with E-state index < -0.39 is 0 Å². The van der Waals surface area contributed by atoms with Gasteiger partial charge in [0.2, 0.25) is 0 Å². The molecular formula is C30H27BO2S. The number of fused-ring (bicyclic) bond motifs is 3. The van der Waals surface area contributed by atoms with Gasteiger partial charge < -0.3 is 9.31 Å². The van der Waals surface area contributed by atoms with Crippen molar-refractivity contribution in [3.63, 3.8) is 0 Å². The lowest BCUT2D eigenvalue weighted by Crippen LogP contribution is -2.41. The Morgan fingerprint density at radius 3 is 1.88 bits per heavy atom. The Balaban J connectivity index is 1.39. The lowest BCUT2D eigenvalue weighted by Gasteiger charge is -2.32. The number of thiophene rings is 1. The molecule has 1 aliphatic heterocycles. The van der Waals surface area contributed by atoms with E-state index in [2.05, 4.69) is 119 Å². The Morgan fingerprint density at radius 2 is 1.15 bits per heavy atom. The molecule has 2 heterocycles. The molecule has 1 aliphatic rings. The van der Waals surface area contributed by atoms with E-state index in [9.17, 15) is 0 Å². The molecule has 0 saturated carbocycles. The monoisotopic (exact) mass is 462 g/mol. The standard InChI is InChI=1S/C30H27BO2S/c1-29(2)30(3,4)33-31(32-29)26-14-7-5-10-22(26)20-16-18-21(19-17-20)23-12-9-13-25-24-11-6-8-15-27(24)34-28(23)25/h5-19H,1-4H3. The van der Waals surface area contributed by atoms with Crippen LogP contribution in [0, 0.1) is 0 Å². The molecule has 168 valence electrons. The Bertz CT molecular complexity index is 1500. The fourth-order valence-electron chi connectivity index (χ4n) is 4.74. The highest BCUT2D eigenvalue weighted by Crippen LogP contribution is 2.40. The van der Waals surface area contributed by atoms with Gasteiger partial charge in [-0.1, -0.05) is 84.9 Å². The van der Waals surface area contributed by atoms with Crippen molar-refractivity contribution in [3.05, 3.63) is 91.0 Å². The summed E-state index contributed by atoms with van der Waals surface area (Å²) in [5, 5.41) is 2.66. The van der Waals surface area contributed by atoms with E-state index in [-0.39, 0.29) is 18.3 Å². The highest BCUT2D eigenvalue weighted by molar-refractivity contribution is 7.26. The second-order valence-electron chi connectivity index (χ2n) is 10.0. The Morgan fingerprint density at radius 1 is 0.588 bits per heavy atom. The topological polar surface area (TPSA) is 18.5 Å². The first-order valence-electron chi connectivity index (χ1n) is 11.8. The molecular weight excluding hydrogens is 435 g/mol. The van der Waals surface area contributed by atoms with Crippen LogP contribution < -0.4 is 5.46 Å². The average molecular weight is 462 g/mol. The van der Waals surface area contributed by atoms with Crippen LogP contribution in [-0.2, 0) is 9.31 Å². The van der Waals surface area contributed by atoms with Crippen LogP contribution in [0.15, 0.2) is 91.0 Å². The second kappa shape index (κ2) is 7.81. The highest BCUT2D eigenvalue weighted by atomic mass is 32.1. The highest BCUT2D eigenvalue weighted by Gasteiger charge is 2.52. The van der Waals surface area contributed by atoms with Gasteiger partial charge in [0, 0.05) is 20.2 Å². The summed E-state index contributed by atoms with van der Waals surface area (Å²) >= 11 is 1.87. The zero-order valence-electron chi connectivity index (χ0n) is 20.0. The summed E-state index contributed by atoms with van der Waals surface area (Å²) in [6, 6.07) is 32.6. The normalized spacial score (nSPS) is 17.0. The zero-order chi connectivity index (χ0) is 23.5. The van der Waals surface area contributed by atoms with E-state index in [0.717, 1.165) is 16.6 Å². The van der Waals surface area contributed by atoms with E-state index in [0.29, 0.717) is 0 Å². The zero-order valence-corrected chi connectivity index (χ0v) is 20.8. The first kappa shape index (κ1) is 21.6. The molecule has 6 rings (SSSR count). The third-order valence-electron chi connectivity index (χ3n) is 7.38. The molecule has 1 aromatic heterocycles. The van der Waals surface area contributed by atoms with E-state index in [1.807, 2.05) is 11.3 Å². The predicted molar refractivity (Wildman–Crippen MR) is 146 cm³/mol. The van der Waals surface area contributed by atoms with Gasteiger partial charge in [-0.3, -0.25) is 0 Å². The molecule has 4 heteroatoms. The quantitative estimate of drug-likeness (QED) is 0.256. The van der Waals surface area contributed by atoms with E-state index >= 15 is 0 Å². The third-order valence-corrected chi connectivity index (χ3v) is 8.60. The minimum Gasteiger partial charge on any atom is -0.399 e. The lowest BCUT2D eigenvalue weighted by molar-refractivity contribution is 0.00578. The second-order valence-corrected chi connectivity index (χ2v) is 11.1. The van der Waals surface area contributed by atoms with Gasteiger partial charge in [0.1, 0.15) is 0 Å². The van der Waals surface area contributed by atoms with Crippen molar-refractivity contribution in [2.24, 2.45) is 0 Å². The predicted octanol–water partition coefficient (Wildman–Crippen LogP) is 7.69. The SMILES string of the molecule is CC1(C)OB(c2ccccc2-c2ccc(-c3cccc4c3sc3ccccc34)cc2)OC1(C)C. The van der Waals surface area contributed by atoms with Gasteiger partial charge in [0.15, 0.2) is 0 Å². The van der Waals surface area contributed by atoms with Gasteiger partial charge in [-0.25, -0.2) is 0 Å². The molecule has 0 aliphatic carbocycles. The number of hydrogen-bond acceptors (Lipinski definition) is 3. The maximum atomic E-state index is 6.36. The van der Waals surface area contributed by atoms with Crippen LogP contribution in [0.4, 0.5) is 0 Å². The number of benzene rings is 4. The van der Waals surface area contributed by atoms with Gasteiger partial charge in [0.05, 0.1) is 11.2 Å². The summed E-state index contributed by atoms with van der Waals surface area (Å²) in [5.41, 5.74) is 5.17. The number of rotatable bonds is 3. The van der Waals surface area contributed by atoms with Gasteiger partial charge in [0.25, 0.3) is 0 Å². The number of hydrogen-bond donors (Lipinski definition) is 0. The lowest BCUT2D eigenvalue weighted by atomic mass is 9.74. The van der Waals surface area contributed by atoms with E-state index in [1.54, 1.807) is 0 Å². The summed E-state index contributed by atoms with van der Waals surface area (Å²) < 4.78 is 15.4. The fraction of sp³-hybridized carbons (Fsp3) is 0.200. The molecule has 5 aromatic rings. The maximum Gasteiger partial charge on any atom is 0.495 e. The summed E-state index contributed by atoms with van der Waals surface area (Å²) in [6.07, 6.45) is 0. The van der Waals surface area contributed by atoms with Crippen molar-refractivity contribution in [2.45, 2.75) is 38.9 Å². The molecule has 1 saturated heterocycles. The molecule has 1 fully saturated rings. The van der Waals surface area contributed by atoms with Crippen LogP contribution in [0.3, 0.4) is 0 Å².